The number of hydrogen-bond donors (Lipinski definition) is 2. The number of benzene rings is 1. The molecule has 3 N–H and O–H groups in total. The van der Waals surface area contributed by atoms with E-state index >= 15 is 0 Å². The van der Waals surface area contributed by atoms with Crippen molar-refractivity contribution in [3.63, 3.8) is 0 Å². The van der Waals surface area contributed by atoms with Crippen LogP contribution in [0.1, 0.15) is 11.5 Å². The fourth-order valence-electron chi connectivity index (χ4n) is 4.22. The van der Waals surface area contributed by atoms with Crippen LogP contribution in [0.15, 0.2) is 22.7 Å². The summed E-state index contributed by atoms with van der Waals surface area (Å²) in [5.41, 5.74) is 4.37. The summed E-state index contributed by atoms with van der Waals surface area (Å²) in [5.74, 6) is -1.14. The number of nitrogens with zero attached hydrogens (tertiary/aromatic N) is 2. The number of nitriles is 2. The van der Waals surface area contributed by atoms with Crippen LogP contribution in [0.4, 0.5) is 0 Å². The van der Waals surface area contributed by atoms with Gasteiger partial charge in [-0.25, -0.2) is 4.99 Å². The highest BCUT2D eigenvalue weighted by molar-refractivity contribution is 9.10. The summed E-state index contributed by atoms with van der Waals surface area (Å²) in [6.07, 6.45) is 0. The van der Waals surface area contributed by atoms with Crippen molar-refractivity contribution in [1.82, 2.24) is 0 Å². The van der Waals surface area contributed by atoms with Crippen LogP contribution < -0.4 is 15.5 Å². The SMILES string of the molecule is COc1ccc(Br)cc1[C@@H]1[C@]2(C#N)C(N)=[NH+]C3(OCCO3)[C@]12C#N. The van der Waals surface area contributed by atoms with Gasteiger partial charge in [-0.15, -0.1) is 0 Å². The minimum Gasteiger partial charge on any atom is -0.496 e. The lowest BCUT2D eigenvalue weighted by molar-refractivity contribution is -0.676. The second-order valence-corrected chi connectivity index (χ2v) is 6.93. The Morgan fingerprint density at radius 2 is 2.04 bits per heavy atom. The number of hydrogen-bond acceptors (Lipinski definition) is 6. The Kier molecular flexibility index (Phi) is 3.02. The molecule has 1 saturated carbocycles. The molecule has 0 amide bonds. The van der Waals surface area contributed by atoms with Gasteiger partial charge in [0.25, 0.3) is 5.84 Å². The Bertz CT molecular complexity index is 852. The van der Waals surface area contributed by atoms with Crippen LogP contribution in [0.3, 0.4) is 0 Å². The summed E-state index contributed by atoms with van der Waals surface area (Å²) in [7, 11) is 1.55. The van der Waals surface area contributed by atoms with E-state index in [4.69, 9.17) is 19.9 Å². The molecule has 2 fully saturated rings. The number of methoxy groups -OCH3 is 1. The molecule has 3 atom stereocenters. The molecule has 1 saturated heterocycles. The summed E-state index contributed by atoms with van der Waals surface area (Å²) in [5, 5.41) is 20.0. The number of fused-ring (bicyclic) bond motifs is 2. The number of rotatable bonds is 2. The van der Waals surface area contributed by atoms with Crippen LogP contribution in [0, 0.1) is 33.5 Å². The summed E-state index contributed by atoms with van der Waals surface area (Å²) in [6.45, 7) is 0.654. The predicted octanol–water partition coefficient (Wildman–Crippen LogP) is -0.273. The molecule has 7 nitrogen and oxygen atoms in total. The first kappa shape index (κ1) is 15.4. The Morgan fingerprint density at radius 1 is 1.33 bits per heavy atom. The average molecular weight is 390 g/mol. The first-order valence-corrected chi connectivity index (χ1v) is 8.17. The van der Waals surface area contributed by atoms with Gasteiger partial charge < -0.3 is 14.2 Å². The van der Waals surface area contributed by atoms with Crippen LogP contribution in [0.5, 0.6) is 5.75 Å². The van der Waals surface area contributed by atoms with Gasteiger partial charge in [0.05, 0.1) is 38.4 Å². The Hall–Kier alpha value is -2.13. The van der Waals surface area contributed by atoms with E-state index < -0.39 is 22.7 Å². The molecule has 0 radical (unpaired) electrons. The van der Waals surface area contributed by atoms with Crippen molar-refractivity contribution in [2.75, 3.05) is 20.3 Å². The maximum Gasteiger partial charge on any atom is 0.343 e. The molecule has 0 bridgehead atoms. The Labute approximate surface area is 146 Å². The molecule has 2 aliphatic heterocycles. The van der Waals surface area contributed by atoms with Gasteiger partial charge in [0, 0.05) is 10.0 Å². The standard InChI is InChI=1S/C16H13BrN4O3/c1-22-11-3-2-9(17)6-10(11)12-14(7-18)13(20)21-16(15(12,14)8-19)23-4-5-24-16/h2-3,6,12H,4-5H2,1H3,(H2,20,21)/p+1/t12-,14-,15-/m1/s1. The number of amidine groups is 1. The van der Waals surface area contributed by atoms with Crippen molar-refractivity contribution in [3.05, 3.63) is 28.2 Å². The lowest BCUT2D eigenvalue weighted by atomic mass is 9.94. The van der Waals surface area contributed by atoms with Crippen LogP contribution in [0.2, 0.25) is 0 Å². The largest absolute Gasteiger partial charge is 0.496 e. The third kappa shape index (κ3) is 1.41. The maximum atomic E-state index is 10.0. The molecular weight excluding hydrogens is 376 g/mol. The molecule has 1 aromatic carbocycles. The van der Waals surface area contributed by atoms with Gasteiger partial charge in [-0.2, -0.15) is 10.5 Å². The molecule has 0 unspecified atom stereocenters. The molecule has 1 aromatic rings. The molecule has 122 valence electrons. The lowest BCUT2D eigenvalue weighted by Crippen LogP contribution is -2.89. The first-order valence-electron chi connectivity index (χ1n) is 7.38. The molecule has 24 heavy (non-hydrogen) atoms. The topological polar surface area (TPSA) is 115 Å². The van der Waals surface area contributed by atoms with Crippen molar-refractivity contribution in [2.45, 2.75) is 11.8 Å². The third-order valence-electron chi connectivity index (χ3n) is 5.20. The summed E-state index contributed by atoms with van der Waals surface area (Å²) in [4.78, 5) is 2.92. The highest BCUT2D eigenvalue weighted by atomic mass is 79.9. The first-order chi connectivity index (χ1) is 11.5. The fraction of sp³-hybridized carbons (Fsp3) is 0.438. The van der Waals surface area contributed by atoms with E-state index in [1.54, 1.807) is 13.2 Å². The van der Waals surface area contributed by atoms with Gasteiger partial charge in [0.1, 0.15) is 5.75 Å². The predicted molar refractivity (Wildman–Crippen MR) is 84.3 cm³/mol. The molecular formula is C16H14BrN4O3+. The van der Waals surface area contributed by atoms with Crippen LogP contribution in [0.25, 0.3) is 0 Å². The van der Waals surface area contributed by atoms with Crippen LogP contribution in [-0.4, -0.2) is 32.1 Å². The summed E-state index contributed by atoms with van der Waals surface area (Å²) in [6, 6.07) is 10.00. The minimum absolute atomic E-state index is 0.195. The van der Waals surface area contributed by atoms with Gasteiger partial charge in [-0.3, -0.25) is 5.73 Å². The number of halogens is 1. The van der Waals surface area contributed by atoms with E-state index in [-0.39, 0.29) is 5.84 Å². The third-order valence-corrected chi connectivity index (χ3v) is 5.69. The monoisotopic (exact) mass is 389 g/mol. The van der Waals surface area contributed by atoms with Crippen molar-refractivity contribution in [1.29, 1.82) is 10.5 Å². The highest BCUT2D eigenvalue weighted by Gasteiger charge is 2.97. The zero-order valence-corrected chi connectivity index (χ0v) is 14.4. The van der Waals surface area contributed by atoms with Crippen molar-refractivity contribution < 1.29 is 19.2 Å². The summed E-state index contributed by atoms with van der Waals surface area (Å²) < 4.78 is 17.7. The number of nitrogens with two attached hydrogens (primary N) is 1. The van der Waals surface area contributed by atoms with E-state index in [9.17, 15) is 10.5 Å². The van der Waals surface area contributed by atoms with Crippen LogP contribution in [-0.2, 0) is 9.47 Å². The number of ether oxygens (including phenoxy) is 3. The normalized spacial score (nSPS) is 35.0. The number of nitrogens with one attached hydrogen (secondary N) is 1. The molecule has 0 aromatic heterocycles. The van der Waals surface area contributed by atoms with Crippen molar-refractivity contribution in [3.8, 4) is 17.9 Å². The highest BCUT2D eigenvalue weighted by Crippen LogP contribution is 2.79. The second-order valence-electron chi connectivity index (χ2n) is 6.01. The molecule has 4 rings (SSSR count). The zero-order valence-electron chi connectivity index (χ0n) is 12.8. The van der Waals surface area contributed by atoms with Crippen LogP contribution >= 0.6 is 15.9 Å². The maximum absolute atomic E-state index is 10.0. The van der Waals surface area contributed by atoms with E-state index in [0.29, 0.717) is 19.0 Å². The van der Waals surface area contributed by atoms with Gasteiger partial charge >= 0.3 is 5.91 Å². The smallest absolute Gasteiger partial charge is 0.343 e. The van der Waals surface area contributed by atoms with Crippen molar-refractivity contribution >= 4 is 21.8 Å². The van der Waals surface area contributed by atoms with Gasteiger partial charge in [0.2, 0.25) is 0 Å². The molecule has 8 heteroatoms. The fourth-order valence-corrected chi connectivity index (χ4v) is 4.59. The van der Waals surface area contributed by atoms with Gasteiger partial charge in [-0.1, -0.05) is 15.9 Å². The molecule has 1 spiro atoms. The zero-order chi connectivity index (χ0) is 17.2. The summed E-state index contributed by atoms with van der Waals surface area (Å²) >= 11 is 3.43. The van der Waals surface area contributed by atoms with Gasteiger partial charge in [-0.05, 0) is 18.2 Å². The Balaban J connectivity index is 1.97. The van der Waals surface area contributed by atoms with Crippen molar-refractivity contribution in [2.24, 2.45) is 16.6 Å². The van der Waals surface area contributed by atoms with E-state index in [1.165, 1.54) is 0 Å². The molecule has 1 aliphatic carbocycles. The average Bonchev–Trinajstić information content (AvgIpc) is 2.83. The van der Waals surface area contributed by atoms with E-state index in [1.807, 2.05) is 12.1 Å². The molecule has 3 aliphatic rings. The van der Waals surface area contributed by atoms with E-state index in [2.05, 4.69) is 33.1 Å². The second kappa shape index (κ2) is 4.70. The lowest BCUT2D eigenvalue weighted by Gasteiger charge is -2.23. The van der Waals surface area contributed by atoms with E-state index in [0.717, 1.165) is 10.0 Å². The quantitative estimate of drug-likeness (QED) is 0.718. The Morgan fingerprint density at radius 3 is 2.62 bits per heavy atom. The molecule has 2 heterocycles. The van der Waals surface area contributed by atoms with Gasteiger partial charge in [0.15, 0.2) is 10.8 Å². The minimum atomic E-state index is -1.40.